The summed E-state index contributed by atoms with van der Waals surface area (Å²) in [7, 11) is 1.83. The van der Waals surface area contributed by atoms with Gasteiger partial charge in [-0.25, -0.2) is 4.39 Å². The number of benzene rings is 3. The Bertz CT molecular complexity index is 765. The topological polar surface area (TPSA) is 21.3 Å². The van der Waals surface area contributed by atoms with Gasteiger partial charge in [0.15, 0.2) is 0 Å². The molecule has 0 heterocycles. The molecular weight excluding hydrogens is 265 g/mol. The Morgan fingerprint density at radius 2 is 1.81 bits per heavy atom. The summed E-state index contributed by atoms with van der Waals surface area (Å²) in [6, 6.07) is 18.6. The quantitative estimate of drug-likeness (QED) is 0.760. The molecule has 3 aromatic carbocycles. The van der Waals surface area contributed by atoms with E-state index in [4.69, 9.17) is 4.74 Å². The average Bonchev–Trinajstić information content (AvgIpc) is 2.47. The normalized spacial score (nSPS) is 10.8. The van der Waals surface area contributed by atoms with Gasteiger partial charge in [-0.1, -0.05) is 36.4 Å². The van der Waals surface area contributed by atoms with Gasteiger partial charge < -0.3 is 10.1 Å². The zero-order valence-corrected chi connectivity index (χ0v) is 11.8. The van der Waals surface area contributed by atoms with Gasteiger partial charge in [0.2, 0.25) is 0 Å². The fourth-order valence-corrected chi connectivity index (χ4v) is 2.40. The molecule has 3 rings (SSSR count). The summed E-state index contributed by atoms with van der Waals surface area (Å²) in [6.45, 7) is 0.601. The Labute approximate surface area is 123 Å². The Hall–Kier alpha value is -2.39. The van der Waals surface area contributed by atoms with E-state index in [2.05, 4.69) is 5.32 Å². The van der Waals surface area contributed by atoms with Gasteiger partial charge >= 0.3 is 0 Å². The molecule has 0 aliphatic heterocycles. The second-order valence-corrected chi connectivity index (χ2v) is 4.90. The smallest absolute Gasteiger partial charge is 0.135 e. The Balaban J connectivity index is 1.98. The minimum Gasteiger partial charge on any atom is -0.457 e. The molecular formula is C18H16FNO. The van der Waals surface area contributed by atoms with Crippen molar-refractivity contribution < 1.29 is 9.13 Å². The van der Waals surface area contributed by atoms with Crippen molar-refractivity contribution in [3.8, 4) is 11.5 Å². The van der Waals surface area contributed by atoms with Crippen molar-refractivity contribution in [3.05, 3.63) is 72.0 Å². The van der Waals surface area contributed by atoms with Gasteiger partial charge in [-0.15, -0.1) is 0 Å². The van der Waals surface area contributed by atoms with Crippen LogP contribution in [0.5, 0.6) is 11.5 Å². The molecule has 3 aromatic rings. The van der Waals surface area contributed by atoms with E-state index in [1.807, 2.05) is 55.6 Å². The Morgan fingerprint density at radius 1 is 1.00 bits per heavy atom. The molecule has 0 radical (unpaired) electrons. The predicted octanol–water partition coefficient (Wildman–Crippen LogP) is 4.49. The summed E-state index contributed by atoms with van der Waals surface area (Å²) in [4.78, 5) is 0. The summed E-state index contributed by atoms with van der Waals surface area (Å²) in [5.41, 5.74) is 0.854. The van der Waals surface area contributed by atoms with E-state index in [0.29, 0.717) is 12.3 Å². The van der Waals surface area contributed by atoms with Crippen LogP contribution in [-0.2, 0) is 6.54 Å². The van der Waals surface area contributed by atoms with Crippen molar-refractivity contribution >= 4 is 10.8 Å². The molecule has 0 amide bonds. The number of nitrogens with one attached hydrogen (secondary N) is 1. The minimum absolute atomic E-state index is 0.294. The highest BCUT2D eigenvalue weighted by Crippen LogP contribution is 2.30. The summed E-state index contributed by atoms with van der Waals surface area (Å²) in [6.07, 6.45) is 0. The van der Waals surface area contributed by atoms with E-state index in [-0.39, 0.29) is 5.82 Å². The van der Waals surface area contributed by atoms with Crippen LogP contribution < -0.4 is 10.1 Å². The first kappa shape index (κ1) is 13.6. The molecule has 21 heavy (non-hydrogen) atoms. The molecule has 0 saturated carbocycles. The lowest BCUT2D eigenvalue weighted by molar-refractivity contribution is 0.480. The monoisotopic (exact) mass is 281 g/mol. The molecule has 2 nitrogen and oxygen atoms in total. The second kappa shape index (κ2) is 5.94. The molecule has 3 heteroatoms. The Kier molecular flexibility index (Phi) is 3.84. The van der Waals surface area contributed by atoms with Gasteiger partial charge in [0, 0.05) is 18.0 Å². The average molecular weight is 281 g/mol. The maximum atomic E-state index is 13.7. The van der Waals surface area contributed by atoms with E-state index in [1.54, 1.807) is 0 Å². The van der Waals surface area contributed by atoms with Gasteiger partial charge in [0.1, 0.15) is 17.3 Å². The van der Waals surface area contributed by atoms with Crippen LogP contribution in [0.25, 0.3) is 10.8 Å². The first-order chi connectivity index (χ1) is 10.3. The van der Waals surface area contributed by atoms with Gasteiger partial charge in [0.25, 0.3) is 0 Å². The van der Waals surface area contributed by atoms with Crippen molar-refractivity contribution in [2.45, 2.75) is 6.54 Å². The lowest BCUT2D eigenvalue weighted by atomic mass is 10.1. The van der Waals surface area contributed by atoms with Crippen molar-refractivity contribution in [3.63, 3.8) is 0 Å². The fourth-order valence-electron chi connectivity index (χ4n) is 2.40. The minimum atomic E-state index is -0.294. The highest BCUT2D eigenvalue weighted by Gasteiger charge is 2.06. The van der Waals surface area contributed by atoms with Crippen LogP contribution >= 0.6 is 0 Å². The third-order valence-corrected chi connectivity index (χ3v) is 3.29. The van der Waals surface area contributed by atoms with E-state index in [9.17, 15) is 4.39 Å². The third kappa shape index (κ3) is 3.03. The lowest BCUT2D eigenvalue weighted by Crippen LogP contribution is -2.05. The summed E-state index contributed by atoms with van der Waals surface area (Å²) >= 11 is 0. The maximum absolute atomic E-state index is 13.7. The molecule has 0 aliphatic rings. The standard InChI is InChI=1S/C18H16FNO/c1-20-12-13-9-15(19)11-16(10-13)21-18-8-4-6-14-5-2-3-7-17(14)18/h2-11,20H,12H2,1H3. The number of hydrogen-bond donors (Lipinski definition) is 1. The lowest BCUT2D eigenvalue weighted by Gasteiger charge is -2.10. The fraction of sp³-hybridized carbons (Fsp3) is 0.111. The number of fused-ring (bicyclic) bond motifs is 1. The molecule has 0 spiro atoms. The van der Waals surface area contributed by atoms with Gasteiger partial charge in [-0.3, -0.25) is 0 Å². The van der Waals surface area contributed by atoms with Gasteiger partial charge in [0.05, 0.1) is 0 Å². The molecule has 0 aliphatic carbocycles. The molecule has 106 valence electrons. The zero-order valence-electron chi connectivity index (χ0n) is 11.8. The maximum Gasteiger partial charge on any atom is 0.135 e. The first-order valence-electron chi connectivity index (χ1n) is 6.86. The number of ether oxygens (including phenoxy) is 1. The molecule has 0 unspecified atom stereocenters. The van der Waals surface area contributed by atoms with E-state index in [1.165, 1.54) is 12.1 Å². The van der Waals surface area contributed by atoms with Crippen LogP contribution in [0.3, 0.4) is 0 Å². The Morgan fingerprint density at radius 3 is 2.67 bits per heavy atom. The van der Waals surface area contributed by atoms with Crippen LogP contribution in [0.1, 0.15) is 5.56 Å². The largest absolute Gasteiger partial charge is 0.457 e. The van der Waals surface area contributed by atoms with Crippen LogP contribution in [0.4, 0.5) is 4.39 Å². The molecule has 0 fully saturated rings. The summed E-state index contributed by atoms with van der Waals surface area (Å²) in [5, 5.41) is 5.12. The van der Waals surface area contributed by atoms with Crippen molar-refractivity contribution in [2.24, 2.45) is 0 Å². The second-order valence-electron chi connectivity index (χ2n) is 4.90. The van der Waals surface area contributed by atoms with E-state index >= 15 is 0 Å². The van der Waals surface area contributed by atoms with Crippen molar-refractivity contribution in [2.75, 3.05) is 7.05 Å². The highest BCUT2D eigenvalue weighted by molar-refractivity contribution is 5.88. The summed E-state index contributed by atoms with van der Waals surface area (Å²) < 4.78 is 19.6. The summed E-state index contributed by atoms with van der Waals surface area (Å²) in [5.74, 6) is 0.948. The number of rotatable bonds is 4. The predicted molar refractivity (Wildman–Crippen MR) is 83.2 cm³/mol. The van der Waals surface area contributed by atoms with Crippen molar-refractivity contribution in [1.29, 1.82) is 0 Å². The molecule has 0 aromatic heterocycles. The molecule has 0 bridgehead atoms. The highest BCUT2D eigenvalue weighted by atomic mass is 19.1. The van der Waals surface area contributed by atoms with Gasteiger partial charge in [-0.2, -0.15) is 0 Å². The van der Waals surface area contributed by atoms with Crippen LogP contribution in [0, 0.1) is 5.82 Å². The number of halogens is 1. The van der Waals surface area contributed by atoms with E-state index in [0.717, 1.165) is 22.1 Å². The van der Waals surface area contributed by atoms with Crippen molar-refractivity contribution in [1.82, 2.24) is 5.32 Å². The molecule has 0 atom stereocenters. The number of hydrogen-bond acceptors (Lipinski definition) is 2. The van der Waals surface area contributed by atoms with Crippen LogP contribution in [0.2, 0.25) is 0 Å². The zero-order chi connectivity index (χ0) is 14.7. The van der Waals surface area contributed by atoms with Crippen LogP contribution in [-0.4, -0.2) is 7.05 Å². The first-order valence-corrected chi connectivity index (χ1v) is 6.86. The molecule has 1 N–H and O–H groups in total. The van der Waals surface area contributed by atoms with Gasteiger partial charge in [-0.05, 0) is 36.2 Å². The molecule has 0 saturated heterocycles. The third-order valence-electron chi connectivity index (χ3n) is 3.29. The van der Waals surface area contributed by atoms with Crippen LogP contribution in [0.15, 0.2) is 60.7 Å². The van der Waals surface area contributed by atoms with E-state index < -0.39 is 0 Å². The SMILES string of the molecule is CNCc1cc(F)cc(Oc2cccc3ccccc23)c1.